The number of ether oxygens (including phenoxy) is 1. The van der Waals surface area contributed by atoms with Gasteiger partial charge in [0, 0.05) is 12.6 Å². The van der Waals surface area contributed by atoms with E-state index in [-0.39, 0.29) is 5.78 Å². The number of hydrogen-bond acceptors (Lipinski definition) is 3. The molecular weight excluding hydrogens is 238 g/mol. The molecule has 0 fully saturated rings. The molecule has 2 aromatic rings. The molecule has 2 rings (SSSR count). The molecule has 98 valence electrons. The van der Waals surface area contributed by atoms with Gasteiger partial charge < -0.3 is 4.74 Å². The van der Waals surface area contributed by atoms with Crippen LogP contribution in [0.4, 0.5) is 0 Å². The summed E-state index contributed by atoms with van der Waals surface area (Å²) in [4.78, 5) is 16.4. The average Bonchev–Trinajstić information content (AvgIpc) is 2.42. The maximum Gasteiger partial charge on any atom is 0.224 e. The van der Waals surface area contributed by atoms with E-state index in [2.05, 4.69) is 4.98 Å². The molecule has 1 heterocycles. The molecule has 1 aromatic carbocycles. The zero-order valence-corrected chi connectivity index (χ0v) is 11.4. The molecular formula is C16H17NO2. The summed E-state index contributed by atoms with van der Waals surface area (Å²) >= 11 is 0. The van der Waals surface area contributed by atoms with Crippen molar-refractivity contribution in [3.05, 3.63) is 58.8 Å². The first-order chi connectivity index (χ1) is 9.13. The number of nitrogens with zero attached hydrogens (tertiary/aromatic N) is 1. The topological polar surface area (TPSA) is 39.2 Å². The third-order valence-electron chi connectivity index (χ3n) is 3.25. The van der Waals surface area contributed by atoms with E-state index in [4.69, 9.17) is 4.74 Å². The molecule has 0 bridgehead atoms. The maximum absolute atomic E-state index is 12.4. The summed E-state index contributed by atoms with van der Waals surface area (Å²) in [6.45, 7) is 4.05. The molecule has 0 radical (unpaired) electrons. The van der Waals surface area contributed by atoms with Crippen LogP contribution in [0.25, 0.3) is 0 Å². The highest BCUT2D eigenvalue weighted by Gasteiger charge is 2.15. The number of rotatable bonds is 4. The minimum absolute atomic E-state index is 0.0300. The van der Waals surface area contributed by atoms with Crippen LogP contribution in [0.1, 0.15) is 27.0 Å². The number of carbonyl (C=O) groups excluding carboxylic acids is 1. The van der Waals surface area contributed by atoms with Crippen LogP contribution in [0, 0.1) is 13.8 Å². The molecule has 0 N–H and O–H groups in total. The van der Waals surface area contributed by atoms with Crippen LogP contribution in [0.15, 0.2) is 36.5 Å². The van der Waals surface area contributed by atoms with E-state index in [1.54, 1.807) is 18.3 Å². The zero-order valence-electron chi connectivity index (χ0n) is 11.4. The van der Waals surface area contributed by atoms with Crippen molar-refractivity contribution in [1.29, 1.82) is 0 Å². The Kier molecular flexibility index (Phi) is 3.95. The van der Waals surface area contributed by atoms with E-state index in [1.165, 1.54) is 7.11 Å². The standard InChI is InChI=1S/C16H17NO2/c1-11-6-4-7-12(2)14(11)10-15(18)13-8-5-9-17-16(13)19-3/h4-9H,10H2,1-3H3. The smallest absolute Gasteiger partial charge is 0.224 e. The van der Waals surface area contributed by atoms with Crippen molar-refractivity contribution in [3.8, 4) is 5.88 Å². The van der Waals surface area contributed by atoms with Crippen molar-refractivity contribution in [2.75, 3.05) is 7.11 Å². The van der Waals surface area contributed by atoms with Crippen molar-refractivity contribution >= 4 is 5.78 Å². The van der Waals surface area contributed by atoms with E-state index < -0.39 is 0 Å². The van der Waals surface area contributed by atoms with Crippen molar-refractivity contribution in [3.63, 3.8) is 0 Å². The Labute approximate surface area is 113 Å². The van der Waals surface area contributed by atoms with Gasteiger partial charge in [0.2, 0.25) is 5.88 Å². The lowest BCUT2D eigenvalue weighted by Crippen LogP contribution is -2.08. The monoisotopic (exact) mass is 255 g/mol. The second-order valence-corrected chi connectivity index (χ2v) is 4.53. The lowest BCUT2D eigenvalue weighted by Gasteiger charge is -2.10. The van der Waals surface area contributed by atoms with Crippen LogP contribution in [0.3, 0.4) is 0 Å². The quantitative estimate of drug-likeness (QED) is 0.788. The molecule has 0 spiro atoms. The van der Waals surface area contributed by atoms with Gasteiger partial charge in [0.1, 0.15) is 0 Å². The lowest BCUT2D eigenvalue weighted by molar-refractivity contribution is 0.0989. The number of Topliss-reactive ketones (excluding diaryl/α,β-unsaturated/α-hetero) is 1. The molecule has 3 heteroatoms. The van der Waals surface area contributed by atoms with Gasteiger partial charge in [0.15, 0.2) is 5.78 Å². The highest BCUT2D eigenvalue weighted by Crippen LogP contribution is 2.20. The summed E-state index contributed by atoms with van der Waals surface area (Å²) in [6, 6.07) is 9.55. The summed E-state index contributed by atoms with van der Waals surface area (Å²) in [5, 5.41) is 0. The normalized spacial score (nSPS) is 10.3. The Morgan fingerprint density at radius 1 is 1.16 bits per heavy atom. The molecule has 1 aromatic heterocycles. The Morgan fingerprint density at radius 2 is 1.84 bits per heavy atom. The second-order valence-electron chi connectivity index (χ2n) is 4.53. The molecule has 0 saturated carbocycles. The zero-order chi connectivity index (χ0) is 13.8. The van der Waals surface area contributed by atoms with Crippen LogP contribution in [0.2, 0.25) is 0 Å². The average molecular weight is 255 g/mol. The number of pyridine rings is 1. The fourth-order valence-electron chi connectivity index (χ4n) is 2.15. The van der Waals surface area contributed by atoms with Gasteiger partial charge in [0.05, 0.1) is 12.7 Å². The van der Waals surface area contributed by atoms with Gasteiger partial charge in [-0.3, -0.25) is 4.79 Å². The second kappa shape index (κ2) is 5.65. The molecule has 0 amide bonds. The van der Waals surface area contributed by atoms with Crippen LogP contribution >= 0.6 is 0 Å². The lowest BCUT2D eigenvalue weighted by atomic mass is 9.96. The van der Waals surface area contributed by atoms with Crippen molar-refractivity contribution in [2.45, 2.75) is 20.3 Å². The minimum atomic E-state index is 0.0300. The highest BCUT2D eigenvalue weighted by molar-refractivity contribution is 5.99. The number of aromatic nitrogens is 1. The number of carbonyl (C=O) groups is 1. The van der Waals surface area contributed by atoms with E-state index in [1.807, 2.05) is 32.0 Å². The number of methoxy groups -OCH3 is 1. The van der Waals surface area contributed by atoms with Crippen LogP contribution in [-0.2, 0) is 6.42 Å². The molecule has 0 saturated heterocycles. The first-order valence-electron chi connectivity index (χ1n) is 6.20. The maximum atomic E-state index is 12.4. The van der Waals surface area contributed by atoms with Crippen molar-refractivity contribution in [1.82, 2.24) is 4.98 Å². The van der Waals surface area contributed by atoms with E-state index in [0.717, 1.165) is 16.7 Å². The summed E-state index contributed by atoms with van der Waals surface area (Å²) in [5.74, 6) is 0.418. The van der Waals surface area contributed by atoms with Gasteiger partial charge >= 0.3 is 0 Å². The molecule has 3 nitrogen and oxygen atoms in total. The van der Waals surface area contributed by atoms with Crippen molar-refractivity contribution < 1.29 is 9.53 Å². The number of aryl methyl sites for hydroxylation is 2. The summed E-state index contributed by atoms with van der Waals surface area (Å²) in [6.07, 6.45) is 2.00. The van der Waals surface area contributed by atoms with E-state index >= 15 is 0 Å². The summed E-state index contributed by atoms with van der Waals surface area (Å²) in [7, 11) is 1.53. The predicted molar refractivity (Wildman–Crippen MR) is 74.7 cm³/mol. The Hall–Kier alpha value is -2.16. The van der Waals surface area contributed by atoms with Gasteiger partial charge in [-0.2, -0.15) is 0 Å². The Morgan fingerprint density at radius 3 is 2.47 bits per heavy atom. The van der Waals surface area contributed by atoms with Crippen LogP contribution < -0.4 is 4.74 Å². The van der Waals surface area contributed by atoms with E-state index in [0.29, 0.717) is 17.9 Å². The van der Waals surface area contributed by atoms with Gasteiger partial charge in [-0.25, -0.2) is 4.98 Å². The number of benzene rings is 1. The third kappa shape index (κ3) is 2.81. The fraction of sp³-hybridized carbons (Fsp3) is 0.250. The fourth-order valence-corrected chi connectivity index (χ4v) is 2.15. The molecule has 0 atom stereocenters. The molecule has 0 aliphatic heterocycles. The SMILES string of the molecule is COc1ncccc1C(=O)Cc1c(C)cccc1C. The van der Waals surface area contributed by atoms with Crippen LogP contribution in [0.5, 0.6) is 5.88 Å². The van der Waals surface area contributed by atoms with E-state index in [9.17, 15) is 4.79 Å². The van der Waals surface area contributed by atoms with Crippen LogP contribution in [-0.4, -0.2) is 17.9 Å². The minimum Gasteiger partial charge on any atom is -0.480 e. The summed E-state index contributed by atoms with van der Waals surface area (Å²) in [5.41, 5.74) is 3.89. The first-order valence-corrected chi connectivity index (χ1v) is 6.20. The summed E-state index contributed by atoms with van der Waals surface area (Å²) < 4.78 is 5.13. The first kappa shape index (κ1) is 13.3. The highest BCUT2D eigenvalue weighted by atomic mass is 16.5. The van der Waals surface area contributed by atoms with Crippen molar-refractivity contribution in [2.24, 2.45) is 0 Å². The molecule has 0 aliphatic rings. The molecule has 0 aliphatic carbocycles. The third-order valence-corrected chi connectivity index (χ3v) is 3.25. The molecule has 19 heavy (non-hydrogen) atoms. The Balaban J connectivity index is 2.31. The van der Waals surface area contributed by atoms with Gasteiger partial charge in [-0.15, -0.1) is 0 Å². The van der Waals surface area contributed by atoms with Gasteiger partial charge in [-0.05, 0) is 42.7 Å². The van der Waals surface area contributed by atoms with Gasteiger partial charge in [-0.1, -0.05) is 18.2 Å². The Bertz CT molecular complexity index is 585. The predicted octanol–water partition coefficient (Wildman–Crippen LogP) is 3.13. The van der Waals surface area contributed by atoms with Gasteiger partial charge in [0.25, 0.3) is 0 Å². The molecule has 0 unspecified atom stereocenters. The number of ketones is 1. The number of hydrogen-bond donors (Lipinski definition) is 0. The largest absolute Gasteiger partial charge is 0.480 e.